The average Bonchev–Trinajstić information content (AvgIpc) is 2.56. The average molecular weight is 280 g/mol. The highest BCUT2D eigenvalue weighted by molar-refractivity contribution is 5.70. The first-order valence-corrected chi connectivity index (χ1v) is 7.56. The molecule has 0 aliphatic heterocycles. The minimum absolute atomic E-state index is 0.0333. The molecule has 0 bridgehead atoms. The molecule has 3 rings (SSSR count). The lowest BCUT2D eigenvalue weighted by molar-refractivity contribution is -0.143. The Bertz CT molecular complexity index is 554. The van der Waals surface area contributed by atoms with E-state index in [2.05, 4.69) is 48.5 Å². The van der Waals surface area contributed by atoms with Crippen molar-refractivity contribution in [3.63, 3.8) is 0 Å². The van der Waals surface area contributed by atoms with Crippen molar-refractivity contribution in [2.75, 3.05) is 0 Å². The van der Waals surface area contributed by atoms with Crippen LogP contribution < -0.4 is 0 Å². The first-order chi connectivity index (χ1) is 10.2. The molecule has 0 saturated heterocycles. The number of benzene rings is 2. The minimum Gasteiger partial charge on any atom is -0.481 e. The van der Waals surface area contributed by atoms with Gasteiger partial charge < -0.3 is 5.11 Å². The molecule has 1 saturated carbocycles. The van der Waals surface area contributed by atoms with E-state index in [0.29, 0.717) is 0 Å². The summed E-state index contributed by atoms with van der Waals surface area (Å²) in [7, 11) is 0. The van der Waals surface area contributed by atoms with Crippen LogP contribution in [-0.2, 0) is 10.2 Å². The second-order valence-corrected chi connectivity index (χ2v) is 5.93. The van der Waals surface area contributed by atoms with E-state index >= 15 is 0 Å². The first kappa shape index (κ1) is 13.9. The van der Waals surface area contributed by atoms with Crippen molar-refractivity contribution in [1.29, 1.82) is 0 Å². The Kier molecular flexibility index (Phi) is 3.78. The highest BCUT2D eigenvalue weighted by atomic mass is 16.4. The number of rotatable bonds is 3. The summed E-state index contributed by atoms with van der Waals surface area (Å²) in [5.41, 5.74) is 2.58. The normalized spacial score (nSPS) is 18.3. The van der Waals surface area contributed by atoms with Gasteiger partial charge in [-0.3, -0.25) is 4.79 Å². The summed E-state index contributed by atoms with van der Waals surface area (Å²) >= 11 is 0. The summed E-state index contributed by atoms with van der Waals surface area (Å²) in [6, 6.07) is 21.1. The maximum Gasteiger partial charge on any atom is 0.306 e. The molecule has 1 aliphatic rings. The molecule has 1 fully saturated rings. The van der Waals surface area contributed by atoms with Gasteiger partial charge in [0.05, 0.1) is 5.92 Å². The largest absolute Gasteiger partial charge is 0.481 e. The summed E-state index contributed by atoms with van der Waals surface area (Å²) in [4.78, 5) is 11.2. The van der Waals surface area contributed by atoms with Gasteiger partial charge in [-0.1, -0.05) is 60.7 Å². The van der Waals surface area contributed by atoms with Crippen LogP contribution in [0.15, 0.2) is 60.7 Å². The van der Waals surface area contributed by atoms with E-state index in [-0.39, 0.29) is 11.3 Å². The van der Waals surface area contributed by atoms with E-state index < -0.39 is 5.97 Å². The minimum atomic E-state index is -0.648. The summed E-state index contributed by atoms with van der Waals surface area (Å²) in [5.74, 6) is -0.838. The van der Waals surface area contributed by atoms with Gasteiger partial charge >= 0.3 is 5.97 Å². The van der Waals surface area contributed by atoms with Gasteiger partial charge in [0.15, 0.2) is 0 Å². The number of hydrogen-bond acceptors (Lipinski definition) is 1. The smallest absolute Gasteiger partial charge is 0.306 e. The van der Waals surface area contributed by atoms with Crippen LogP contribution in [0, 0.1) is 5.92 Å². The number of carboxylic acids is 1. The lowest BCUT2D eigenvalue weighted by atomic mass is 9.63. The van der Waals surface area contributed by atoms with Gasteiger partial charge in [0.1, 0.15) is 0 Å². The number of aliphatic carboxylic acids is 1. The van der Waals surface area contributed by atoms with Crippen LogP contribution in [0.1, 0.15) is 36.8 Å². The molecule has 0 atom stereocenters. The van der Waals surface area contributed by atoms with Crippen molar-refractivity contribution in [3.05, 3.63) is 71.8 Å². The molecule has 108 valence electrons. The van der Waals surface area contributed by atoms with Crippen molar-refractivity contribution in [3.8, 4) is 0 Å². The Labute approximate surface area is 125 Å². The van der Waals surface area contributed by atoms with Crippen LogP contribution in [0.4, 0.5) is 0 Å². The molecule has 0 radical (unpaired) electrons. The Hall–Kier alpha value is -2.09. The maximum absolute atomic E-state index is 11.2. The van der Waals surface area contributed by atoms with Crippen LogP contribution in [0.3, 0.4) is 0 Å². The first-order valence-electron chi connectivity index (χ1n) is 7.56. The van der Waals surface area contributed by atoms with E-state index in [1.165, 1.54) is 11.1 Å². The number of hydrogen-bond donors (Lipinski definition) is 1. The molecule has 0 spiro atoms. The van der Waals surface area contributed by atoms with Gasteiger partial charge in [-0.25, -0.2) is 0 Å². The van der Waals surface area contributed by atoms with Crippen molar-refractivity contribution in [2.45, 2.75) is 31.1 Å². The molecule has 0 unspecified atom stereocenters. The molecular weight excluding hydrogens is 260 g/mol. The van der Waals surface area contributed by atoms with Gasteiger partial charge in [0.25, 0.3) is 0 Å². The zero-order valence-corrected chi connectivity index (χ0v) is 12.0. The molecule has 1 N–H and O–H groups in total. The monoisotopic (exact) mass is 280 g/mol. The predicted octanol–water partition coefficient (Wildman–Crippen LogP) is 4.25. The summed E-state index contributed by atoms with van der Waals surface area (Å²) in [6.45, 7) is 0. The highest BCUT2D eigenvalue weighted by Crippen LogP contribution is 2.46. The fraction of sp³-hybridized carbons (Fsp3) is 0.316. The SMILES string of the molecule is O=C(O)C1CCC(c2ccccc2)(c2ccccc2)CC1. The topological polar surface area (TPSA) is 37.3 Å². The van der Waals surface area contributed by atoms with Crippen LogP contribution in [-0.4, -0.2) is 11.1 Å². The second kappa shape index (κ2) is 5.72. The van der Waals surface area contributed by atoms with Gasteiger partial charge in [0, 0.05) is 5.41 Å². The van der Waals surface area contributed by atoms with E-state index in [9.17, 15) is 9.90 Å². The molecule has 2 aromatic carbocycles. The highest BCUT2D eigenvalue weighted by Gasteiger charge is 2.39. The van der Waals surface area contributed by atoms with Crippen molar-refractivity contribution >= 4 is 5.97 Å². The number of carboxylic acid groups (broad SMARTS) is 1. The zero-order chi connectivity index (χ0) is 14.7. The van der Waals surface area contributed by atoms with Gasteiger partial charge in [0.2, 0.25) is 0 Å². The Morgan fingerprint density at radius 3 is 1.67 bits per heavy atom. The Morgan fingerprint density at radius 2 is 1.29 bits per heavy atom. The van der Waals surface area contributed by atoms with Crippen LogP contribution >= 0.6 is 0 Å². The van der Waals surface area contributed by atoms with Crippen molar-refractivity contribution < 1.29 is 9.90 Å². The van der Waals surface area contributed by atoms with Crippen molar-refractivity contribution in [1.82, 2.24) is 0 Å². The molecule has 0 heterocycles. The van der Waals surface area contributed by atoms with E-state index in [1.54, 1.807) is 0 Å². The summed E-state index contributed by atoms with van der Waals surface area (Å²) in [6.07, 6.45) is 3.30. The molecule has 2 aromatic rings. The third kappa shape index (κ3) is 2.58. The number of carbonyl (C=O) groups is 1. The zero-order valence-electron chi connectivity index (χ0n) is 12.0. The predicted molar refractivity (Wildman–Crippen MR) is 83.3 cm³/mol. The molecule has 0 amide bonds. The van der Waals surface area contributed by atoms with Crippen LogP contribution in [0.5, 0.6) is 0 Å². The quantitative estimate of drug-likeness (QED) is 0.912. The lowest BCUT2D eigenvalue weighted by Crippen LogP contribution is -2.35. The van der Waals surface area contributed by atoms with E-state index in [1.807, 2.05) is 12.1 Å². The Morgan fingerprint density at radius 1 is 0.857 bits per heavy atom. The van der Waals surface area contributed by atoms with Gasteiger partial charge in [-0.2, -0.15) is 0 Å². The molecule has 2 heteroatoms. The molecule has 1 aliphatic carbocycles. The molecular formula is C19H20O2. The van der Waals surface area contributed by atoms with Crippen LogP contribution in [0.25, 0.3) is 0 Å². The van der Waals surface area contributed by atoms with Crippen LogP contribution in [0.2, 0.25) is 0 Å². The second-order valence-electron chi connectivity index (χ2n) is 5.93. The summed E-state index contributed by atoms with van der Waals surface area (Å²) in [5, 5.41) is 9.25. The van der Waals surface area contributed by atoms with E-state index in [4.69, 9.17) is 0 Å². The maximum atomic E-state index is 11.2. The summed E-state index contributed by atoms with van der Waals surface area (Å²) < 4.78 is 0. The molecule has 2 nitrogen and oxygen atoms in total. The van der Waals surface area contributed by atoms with Gasteiger partial charge in [-0.15, -0.1) is 0 Å². The Balaban J connectivity index is 2.00. The molecule has 21 heavy (non-hydrogen) atoms. The van der Waals surface area contributed by atoms with Crippen molar-refractivity contribution in [2.24, 2.45) is 5.92 Å². The fourth-order valence-electron chi connectivity index (χ4n) is 3.62. The fourth-order valence-corrected chi connectivity index (χ4v) is 3.62. The van der Waals surface area contributed by atoms with E-state index in [0.717, 1.165) is 25.7 Å². The molecule has 0 aromatic heterocycles. The third-order valence-corrected chi connectivity index (χ3v) is 4.84. The standard InChI is InChI=1S/C19H20O2/c20-18(21)15-11-13-19(14-12-15,16-7-3-1-4-8-16)17-9-5-2-6-10-17/h1-10,15H,11-14H2,(H,20,21). The third-order valence-electron chi connectivity index (χ3n) is 4.84. The lowest BCUT2D eigenvalue weighted by Gasteiger charge is -2.40. The van der Waals surface area contributed by atoms with Gasteiger partial charge in [-0.05, 0) is 36.8 Å².